The van der Waals surface area contributed by atoms with Gasteiger partial charge in [0.2, 0.25) is 11.8 Å². The van der Waals surface area contributed by atoms with Crippen LogP contribution < -0.4 is 11.1 Å². The van der Waals surface area contributed by atoms with Gasteiger partial charge in [0.1, 0.15) is 17.2 Å². The summed E-state index contributed by atoms with van der Waals surface area (Å²) < 4.78 is 11.1. The fourth-order valence-electron chi connectivity index (χ4n) is 3.70. The number of amides is 3. The quantitative estimate of drug-likeness (QED) is 0.584. The van der Waals surface area contributed by atoms with Crippen molar-refractivity contribution in [3.8, 4) is 0 Å². The molecule has 0 radical (unpaired) electrons. The minimum Gasteiger partial charge on any atom is -0.458 e. The number of rotatable bonds is 7. The Hall–Kier alpha value is -2.32. The zero-order valence-electron chi connectivity index (χ0n) is 20.1. The third-order valence-corrected chi connectivity index (χ3v) is 5.08. The van der Waals surface area contributed by atoms with Crippen molar-refractivity contribution >= 4 is 23.9 Å². The fourth-order valence-corrected chi connectivity index (χ4v) is 3.70. The Morgan fingerprint density at radius 3 is 2.03 bits per heavy atom. The Bertz CT molecular complexity index is 680. The molecule has 3 amide bonds. The molecule has 1 unspecified atom stereocenters. The van der Waals surface area contributed by atoms with E-state index in [4.69, 9.17) is 15.2 Å². The first-order valence-corrected chi connectivity index (χ1v) is 10.8. The van der Waals surface area contributed by atoms with E-state index >= 15 is 0 Å². The van der Waals surface area contributed by atoms with Crippen LogP contribution in [0.25, 0.3) is 0 Å². The first-order valence-electron chi connectivity index (χ1n) is 10.8. The van der Waals surface area contributed by atoms with Crippen LogP contribution in [-0.4, -0.2) is 58.6 Å². The molecule has 178 valence electrons. The number of nitrogens with zero attached hydrogens (tertiary/aromatic N) is 1. The summed E-state index contributed by atoms with van der Waals surface area (Å²) in [6, 6.07) is -1.61. The smallest absolute Gasteiger partial charge is 0.411 e. The molecule has 1 fully saturated rings. The highest BCUT2D eigenvalue weighted by molar-refractivity contribution is 5.87. The molecule has 0 aromatic rings. The lowest BCUT2D eigenvalue weighted by Gasteiger charge is -2.34. The van der Waals surface area contributed by atoms with Gasteiger partial charge in [-0.3, -0.25) is 14.5 Å². The molecule has 9 heteroatoms. The highest BCUT2D eigenvalue weighted by Crippen LogP contribution is 2.36. The summed E-state index contributed by atoms with van der Waals surface area (Å²) in [6.45, 7) is 14.2. The SMILES string of the molecule is CCC(CNC(C)=O)C[C@@H]1[C@H](C(N)=O)C[C@H](C(=O)OC(C)(C)C)N1C(=O)OC(C)(C)C. The minimum absolute atomic E-state index is 0.0157. The van der Waals surface area contributed by atoms with E-state index in [-0.39, 0.29) is 18.2 Å². The molecule has 0 bridgehead atoms. The molecular weight excluding hydrogens is 402 g/mol. The topological polar surface area (TPSA) is 128 Å². The number of likely N-dealkylation sites (tertiary alicyclic amines) is 1. The lowest BCUT2D eigenvalue weighted by atomic mass is 9.89. The number of hydrogen-bond acceptors (Lipinski definition) is 6. The van der Waals surface area contributed by atoms with Crippen LogP contribution in [0.1, 0.15) is 74.7 Å². The molecule has 9 nitrogen and oxygen atoms in total. The number of nitrogens with two attached hydrogens (primary N) is 1. The summed E-state index contributed by atoms with van der Waals surface area (Å²) in [5.74, 6) is -2.08. The standard InChI is InChI=1S/C22H39N3O6/c1-9-14(12-24-13(2)26)10-16-15(18(23)27)11-17(19(28)30-21(3,4)5)25(16)20(29)31-22(6,7)8/h14-17H,9-12H2,1-8H3,(H2,23,27)(H,24,26)/t14?,15-,16-,17-/m1/s1. The molecule has 0 aliphatic carbocycles. The Morgan fingerprint density at radius 1 is 1.06 bits per heavy atom. The van der Waals surface area contributed by atoms with E-state index in [1.54, 1.807) is 41.5 Å². The average Bonchev–Trinajstić information content (AvgIpc) is 2.95. The maximum Gasteiger partial charge on any atom is 0.411 e. The van der Waals surface area contributed by atoms with Gasteiger partial charge in [0, 0.05) is 19.5 Å². The molecule has 4 atom stereocenters. The Morgan fingerprint density at radius 2 is 1.61 bits per heavy atom. The summed E-state index contributed by atoms with van der Waals surface area (Å²) in [6.07, 6.45) is 0.487. The zero-order chi connectivity index (χ0) is 24.1. The van der Waals surface area contributed by atoms with Crippen molar-refractivity contribution in [1.29, 1.82) is 0 Å². The van der Waals surface area contributed by atoms with E-state index in [0.717, 1.165) is 0 Å². The van der Waals surface area contributed by atoms with E-state index < -0.39 is 47.2 Å². The van der Waals surface area contributed by atoms with Crippen molar-refractivity contribution in [3.63, 3.8) is 0 Å². The number of primary amides is 1. The van der Waals surface area contributed by atoms with Gasteiger partial charge in [-0.15, -0.1) is 0 Å². The summed E-state index contributed by atoms with van der Waals surface area (Å²) in [4.78, 5) is 51.0. The van der Waals surface area contributed by atoms with Gasteiger partial charge < -0.3 is 20.5 Å². The number of ether oxygens (including phenoxy) is 2. The molecule has 3 N–H and O–H groups in total. The van der Waals surface area contributed by atoms with Crippen LogP contribution in [-0.2, 0) is 23.9 Å². The van der Waals surface area contributed by atoms with Crippen LogP contribution in [0.4, 0.5) is 4.79 Å². The Balaban J connectivity index is 3.30. The lowest BCUT2D eigenvalue weighted by molar-refractivity contribution is -0.160. The van der Waals surface area contributed by atoms with Crippen LogP contribution in [0.3, 0.4) is 0 Å². The van der Waals surface area contributed by atoms with Crippen molar-refractivity contribution in [1.82, 2.24) is 10.2 Å². The summed E-state index contributed by atoms with van der Waals surface area (Å²) in [7, 11) is 0. The van der Waals surface area contributed by atoms with Crippen molar-refractivity contribution in [2.24, 2.45) is 17.6 Å². The Labute approximate surface area is 185 Å². The second-order valence-corrected chi connectivity index (χ2v) is 10.2. The predicted octanol–water partition coefficient (Wildman–Crippen LogP) is 2.36. The number of carbonyl (C=O) groups is 4. The Kier molecular flexibility index (Phi) is 8.90. The van der Waals surface area contributed by atoms with Crippen molar-refractivity contribution in [3.05, 3.63) is 0 Å². The first-order chi connectivity index (χ1) is 14.1. The number of nitrogens with one attached hydrogen (secondary N) is 1. The normalized spacial score (nSPS) is 22.6. The molecule has 1 saturated heterocycles. The molecule has 1 rings (SSSR count). The van der Waals surface area contributed by atoms with E-state index in [1.807, 2.05) is 6.92 Å². The van der Waals surface area contributed by atoms with Gasteiger partial charge in [-0.2, -0.15) is 0 Å². The van der Waals surface area contributed by atoms with E-state index in [1.165, 1.54) is 11.8 Å². The molecule has 1 aliphatic rings. The van der Waals surface area contributed by atoms with Crippen LogP contribution in [0, 0.1) is 11.8 Å². The molecule has 0 aromatic carbocycles. The molecule has 0 saturated carbocycles. The van der Waals surface area contributed by atoms with Crippen molar-refractivity contribution in [2.45, 2.75) is 97.9 Å². The molecule has 0 aromatic heterocycles. The summed E-state index contributed by atoms with van der Waals surface area (Å²) in [5, 5.41) is 2.78. The second kappa shape index (κ2) is 10.3. The number of carbonyl (C=O) groups excluding carboxylic acids is 4. The minimum atomic E-state index is -0.977. The molecule has 31 heavy (non-hydrogen) atoms. The van der Waals surface area contributed by atoms with E-state index in [9.17, 15) is 19.2 Å². The maximum absolute atomic E-state index is 13.1. The number of hydrogen-bond donors (Lipinski definition) is 2. The van der Waals surface area contributed by atoms with E-state index in [0.29, 0.717) is 19.4 Å². The molecule has 1 heterocycles. The number of esters is 1. The van der Waals surface area contributed by atoms with Gasteiger partial charge in [0.15, 0.2) is 0 Å². The van der Waals surface area contributed by atoms with Crippen LogP contribution in [0.15, 0.2) is 0 Å². The molecular formula is C22H39N3O6. The van der Waals surface area contributed by atoms with Gasteiger partial charge >= 0.3 is 12.1 Å². The third-order valence-electron chi connectivity index (χ3n) is 5.08. The van der Waals surface area contributed by atoms with Crippen LogP contribution in [0.5, 0.6) is 0 Å². The fraction of sp³-hybridized carbons (Fsp3) is 0.818. The maximum atomic E-state index is 13.1. The molecule has 1 aliphatic heterocycles. The highest BCUT2D eigenvalue weighted by atomic mass is 16.6. The van der Waals surface area contributed by atoms with Crippen molar-refractivity contribution in [2.75, 3.05) is 6.54 Å². The third kappa shape index (κ3) is 8.38. The van der Waals surface area contributed by atoms with Gasteiger partial charge in [-0.05, 0) is 60.3 Å². The summed E-state index contributed by atoms with van der Waals surface area (Å²) >= 11 is 0. The van der Waals surface area contributed by atoms with Crippen molar-refractivity contribution < 1.29 is 28.7 Å². The second-order valence-electron chi connectivity index (χ2n) is 10.2. The molecule has 0 spiro atoms. The van der Waals surface area contributed by atoms with E-state index in [2.05, 4.69) is 5.32 Å². The highest BCUT2D eigenvalue weighted by Gasteiger charge is 2.52. The largest absolute Gasteiger partial charge is 0.458 e. The van der Waals surface area contributed by atoms with Crippen LogP contribution in [0.2, 0.25) is 0 Å². The van der Waals surface area contributed by atoms with Gasteiger partial charge in [-0.25, -0.2) is 9.59 Å². The first kappa shape index (κ1) is 26.7. The van der Waals surface area contributed by atoms with Crippen LogP contribution >= 0.6 is 0 Å². The monoisotopic (exact) mass is 441 g/mol. The predicted molar refractivity (Wildman–Crippen MR) is 116 cm³/mol. The van der Waals surface area contributed by atoms with Gasteiger partial charge in [-0.1, -0.05) is 13.3 Å². The average molecular weight is 442 g/mol. The van der Waals surface area contributed by atoms with Gasteiger partial charge in [0.05, 0.1) is 5.92 Å². The summed E-state index contributed by atoms with van der Waals surface area (Å²) in [5.41, 5.74) is 4.13. The zero-order valence-corrected chi connectivity index (χ0v) is 20.1. The van der Waals surface area contributed by atoms with Gasteiger partial charge in [0.25, 0.3) is 0 Å². The lowest BCUT2D eigenvalue weighted by Crippen LogP contribution is -2.50.